The Hall–Kier alpha value is -2.63. The number of hydrogen-bond donors (Lipinski definition) is 1. The Morgan fingerprint density at radius 1 is 1.43 bits per heavy atom. The maximum absolute atomic E-state index is 11.3. The molecule has 6 nitrogen and oxygen atoms in total. The van der Waals surface area contributed by atoms with Crippen LogP contribution in [0.3, 0.4) is 0 Å². The van der Waals surface area contributed by atoms with E-state index >= 15 is 0 Å². The highest BCUT2D eigenvalue weighted by Gasteiger charge is 2.27. The molecule has 0 radical (unpaired) electrons. The molecule has 1 unspecified atom stereocenters. The first-order chi connectivity index (χ1) is 10.2. The van der Waals surface area contributed by atoms with Gasteiger partial charge >= 0.3 is 5.97 Å². The number of hydrogen-bond acceptors (Lipinski definition) is 5. The highest BCUT2D eigenvalue weighted by atomic mass is 16.5. The summed E-state index contributed by atoms with van der Waals surface area (Å²) in [5.74, 6) is -0.562. The number of aromatic carboxylic acids is 1. The second kappa shape index (κ2) is 5.40. The minimum absolute atomic E-state index is 0.00889. The first-order valence-corrected chi connectivity index (χ1v) is 6.70. The Morgan fingerprint density at radius 2 is 2.29 bits per heavy atom. The van der Waals surface area contributed by atoms with Crippen molar-refractivity contribution in [2.24, 2.45) is 0 Å². The third-order valence-corrected chi connectivity index (χ3v) is 3.59. The van der Waals surface area contributed by atoms with E-state index in [1.54, 1.807) is 30.7 Å². The van der Waals surface area contributed by atoms with Gasteiger partial charge in [0.1, 0.15) is 12.2 Å². The van der Waals surface area contributed by atoms with E-state index in [2.05, 4.69) is 14.9 Å². The Balaban J connectivity index is 2.01. The van der Waals surface area contributed by atoms with Crippen LogP contribution in [0.25, 0.3) is 0 Å². The van der Waals surface area contributed by atoms with E-state index in [1.165, 1.54) is 0 Å². The standard InChI is InChI=1S/C15H15N3O3/c1-10(12-9-16-5-6-17-12)18-7-8-21-14-11(15(19)20)3-2-4-13(14)18/h2-6,9-10H,7-8H2,1H3,(H,19,20). The third kappa shape index (κ3) is 2.40. The molecule has 0 spiro atoms. The van der Waals surface area contributed by atoms with Crippen molar-refractivity contribution in [1.29, 1.82) is 0 Å². The van der Waals surface area contributed by atoms with E-state index in [0.717, 1.165) is 11.4 Å². The maximum Gasteiger partial charge on any atom is 0.339 e. The fourth-order valence-corrected chi connectivity index (χ4v) is 2.53. The molecule has 0 amide bonds. The van der Waals surface area contributed by atoms with E-state index < -0.39 is 5.97 Å². The molecule has 1 aromatic heterocycles. The first kappa shape index (κ1) is 13.4. The van der Waals surface area contributed by atoms with Crippen LogP contribution in [0.15, 0.2) is 36.8 Å². The number of benzene rings is 1. The summed E-state index contributed by atoms with van der Waals surface area (Å²) < 4.78 is 5.57. The number of para-hydroxylation sites is 1. The average molecular weight is 285 g/mol. The van der Waals surface area contributed by atoms with Crippen molar-refractivity contribution < 1.29 is 14.6 Å². The van der Waals surface area contributed by atoms with Crippen LogP contribution in [0.1, 0.15) is 29.0 Å². The number of ether oxygens (including phenoxy) is 1. The van der Waals surface area contributed by atoms with Crippen molar-refractivity contribution in [3.8, 4) is 5.75 Å². The van der Waals surface area contributed by atoms with Gasteiger partial charge < -0.3 is 14.7 Å². The van der Waals surface area contributed by atoms with E-state index in [1.807, 2.05) is 13.0 Å². The second-order valence-electron chi connectivity index (χ2n) is 4.81. The van der Waals surface area contributed by atoms with Gasteiger partial charge in [0.25, 0.3) is 0 Å². The van der Waals surface area contributed by atoms with Crippen LogP contribution < -0.4 is 9.64 Å². The predicted octanol–water partition coefficient (Wildman–Crippen LogP) is 2.13. The fraction of sp³-hybridized carbons (Fsp3) is 0.267. The van der Waals surface area contributed by atoms with E-state index in [-0.39, 0.29) is 11.6 Å². The summed E-state index contributed by atoms with van der Waals surface area (Å²) in [7, 11) is 0. The topological polar surface area (TPSA) is 75.5 Å². The van der Waals surface area contributed by atoms with Crippen molar-refractivity contribution in [3.63, 3.8) is 0 Å². The van der Waals surface area contributed by atoms with Crippen molar-refractivity contribution >= 4 is 11.7 Å². The van der Waals surface area contributed by atoms with Crippen LogP contribution in [0.4, 0.5) is 5.69 Å². The quantitative estimate of drug-likeness (QED) is 0.931. The summed E-state index contributed by atoms with van der Waals surface area (Å²) in [5.41, 5.74) is 1.80. The van der Waals surface area contributed by atoms with Gasteiger partial charge in [0.15, 0.2) is 5.75 Å². The Bertz CT molecular complexity index is 660. The lowest BCUT2D eigenvalue weighted by molar-refractivity contribution is 0.0692. The molecular weight excluding hydrogens is 270 g/mol. The molecule has 0 bridgehead atoms. The first-order valence-electron chi connectivity index (χ1n) is 6.70. The SMILES string of the molecule is CC(c1cnccn1)N1CCOc2c(C(=O)O)cccc21. The molecule has 108 valence electrons. The minimum Gasteiger partial charge on any atom is -0.489 e. The maximum atomic E-state index is 11.3. The lowest BCUT2D eigenvalue weighted by atomic mass is 10.1. The molecule has 1 atom stereocenters. The van der Waals surface area contributed by atoms with Gasteiger partial charge in [0.05, 0.1) is 30.2 Å². The van der Waals surface area contributed by atoms with Gasteiger partial charge in [-0.05, 0) is 19.1 Å². The predicted molar refractivity (Wildman–Crippen MR) is 76.7 cm³/mol. The van der Waals surface area contributed by atoms with Crippen LogP contribution in [-0.4, -0.2) is 34.2 Å². The molecule has 0 aliphatic carbocycles. The van der Waals surface area contributed by atoms with Gasteiger partial charge in [0, 0.05) is 12.4 Å². The monoisotopic (exact) mass is 285 g/mol. The molecule has 1 aliphatic rings. The molecule has 1 aromatic carbocycles. The summed E-state index contributed by atoms with van der Waals surface area (Å²) in [4.78, 5) is 21.8. The molecule has 21 heavy (non-hydrogen) atoms. The number of rotatable bonds is 3. The Kier molecular flexibility index (Phi) is 3.43. The fourth-order valence-electron chi connectivity index (χ4n) is 2.53. The number of fused-ring (bicyclic) bond motifs is 1. The molecule has 0 fully saturated rings. The van der Waals surface area contributed by atoms with Crippen molar-refractivity contribution in [2.45, 2.75) is 13.0 Å². The second-order valence-corrected chi connectivity index (χ2v) is 4.81. The third-order valence-electron chi connectivity index (χ3n) is 3.59. The summed E-state index contributed by atoms with van der Waals surface area (Å²) in [6, 6.07) is 5.14. The van der Waals surface area contributed by atoms with Crippen molar-refractivity contribution in [1.82, 2.24) is 9.97 Å². The Morgan fingerprint density at radius 3 is 3.00 bits per heavy atom. The molecule has 6 heteroatoms. The van der Waals surface area contributed by atoms with Crippen LogP contribution in [0.5, 0.6) is 5.75 Å². The zero-order valence-electron chi connectivity index (χ0n) is 11.6. The highest BCUT2D eigenvalue weighted by molar-refractivity contribution is 5.93. The van der Waals surface area contributed by atoms with E-state index in [0.29, 0.717) is 18.9 Å². The summed E-state index contributed by atoms with van der Waals surface area (Å²) in [6.45, 7) is 3.14. The van der Waals surface area contributed by atoms with E-state index in [4.69, 9.17) is 4.74 Å². The molecule has 2 aromatic rings. The molecule has 0 saturated heterocycles. The van der Waals surface area contributed by atoms with Gasteiger partial charge in [-0.25, -0.2) is 4.79 Å². The number of aromatic nitrogens is 2. The number of carboxylic acids is 1. The van der Waals surface area contributed by atoms with Crippen LogP contribution >= 0.6 is 0 Å². The molecule has 0 saturated carbocycles. The smallest absolute Gasteiger partial charge is 0.339 e. The summed E-state index contributed by atoms with van der Waals surface area (Å²) >= 11 is 0. The van der Waals surface area contributed by atoms with Gasteiger partial charge in [0.2, 0.25) is 0 Å². The van der Waals surface area contributed by atoms with Crippen molar-refractivity contribution in [2.75, 3.05) is 18.1 Å². The molecule has 1 N–H and O–H groups in total. The lowest BCUT2D eigenvalue weighted by Crippen LogP contribution is -2.35. The van der Waals surface area contributed by atoms with Crippen molar-refractivity contribution in [3.05, 3.63) is 48.0 Å². The van der Waals surface area contributed by atoms with Gasteiger partial charge in [-0.1, -0.05) is 6.07 Å². The highest BCUT2D eigenvalue weighted by Crippen LogP contribution is 2.38. The zero-order valence-corrected chi connectivity index (χ0v) is 11.6. The van der Waals surface area contributed by atoms with Gasteiger partial charge in [-0.15, -0.1) is 0 Å². The summed E-state index contributed by atoms with van der Waals surface area (Å²) in [5, 5.41) is 9.26. The van der Waals surface area contributed by atoms with Crippen LogP contribution in [0, 0.1) is 0 Å². The number of carbonyl (C=O) groups is 1. The van der Waals surface area contributed by atoms with Gasteiger partial charge in [-0.2, -0.15) is 0 Å². The van der Waals surface area contributed by atoms with Crippen LogP contribution in [-0.2, 0) is 0 Å². The number of carboxylic acid groups (broad SMARTS) is 1. The zero-order chi connectivity index (χ0) is 14.8. The number of anilines is 1. The molecule has 1 aliphatic heterocycles. The molecule has 2 heterocycles. The average Bonchev–Trinajstić information content (AvgIpc) is 2.53. The lowest BCUT2D eigenvalue weighted by Gasteiger charge is -2.36. The summed E-state index contributed by atoms with van der Waals surface area (Å²) in [6.07, 6.45) is 5.01. The van der Waals surface area contributed by atoms with Gasteiger partial charge in [-0.3, -0.25) is 9.97 Å². The minimum atomic E-state index is -0.985. The number of nitrogens with zero attached hydrogens (tertiary/aromatic N) is 3. The van der Waals surface area contributed by atoms with Crippen LogP contribution in [0.2, 0.25) is 0 Å². The van der Waals surface area contributed by atoms with E-state index in [9.17, 15) is 9.90 Å². The largest absolute Gasteiger partial charge is 0.489 e. The Labute approximate surface area is 122 Å². The normalized spacial score (nSPS) is 15.0. The molecular formula is C15H15N3O3. The molecule has 3 rings (SSSR count).